The van der Waals surface area contributed by atoms with Gasteiger partial charge >= 0.3 is 0 Å². The summed E-state index contributed by atoms with van der Waals surface area (Å²) < 4.78 is 29.4. The van der Waals surface area contributed by atoms with Gasteiger partial charge in [-0.1, -0.05) is 43.5 Å². The number of aliphatic hydroxyl groups excluding tert-OH is 2. The molecule has 1 saturated carbocycles. The maximum Gasteiger partial charge on any atom is 0.276 e. The van der Waals surface area contributed by atoms with Crippen molar-refractivity contribution in [3.63, 3.8) is 0 Å². The summed E-state index contributed by atoms with van der Waals surface area (Å²) in [6, 6.07) is 9.98. The van der Waals surface area contributed by atoms with Crippen LogP contribution in [0.1, 0.15) is 54.8 Å². The van der Waals surface area contributed by atoms with Crippen LogP contribution in [-0.2, 0) is 10.5 Å². The number of fused-ring (bicyclic) bond motifs is 3. The van der Waals surface area contributed by atoms with Crippen molar-refractivity contribution in [2.45, 2.75) is 60.9 Å². The molecular formula is C27H27F2N3O3S. The van der Waals surface area contributed by atoms with Crippen molar-refractivity contribution < 1.29 is 23.8 Å². The number of halogens is 2. The van der Waals surface area contributed by atoms with E-state index in [4.69, 9.17) is 0 Å². The standard InChI is InChI=1S/C27H27F2N3O3S/c28-20-11-10-17-19(23(20)29)14-36-22-9-5-4-8-18(22)24(17)32-15-30(16-6-2-1-3-7-16)27(35)25-26(34)21(33)12-13-31(25)32/h4-5,8-13,16,21,24,33-34H,1-3,6-7,14-15H2/t21?,24-/m0/s1. The summed E-state index contributed by atoms with van der Waals surface area (Å²) in [6.07, 6.45) is 6.58. The lowest BCUT2D eigenvalue weighted by Crippen LogP contribution is -2.61. The number of hydrogen-bond donors (Lipinski definition) is 2. The SMILES string of the molecule is O=C1C2=C(O)C(O)C=CN2N([C@@H]2c3ccccc3SCc3c2ccc(F)c3F)CN1C1CCCCC1. The molecule has 0 radical (unpaired) electrons. The fraction of sp³-hybridized carbons (Fsp3) is 0.370. The van der Waals surface area contributed by atoms with E-state index >= 15 is 4.39 Å². The van der Waals surface area contributed by atoms with Gasteiger partial charge in [0.05, 0.1) is 12.7 Å². The fourth-order valence-electron chi connectivity index (χ4n) is 5.80. The van der Waals surface area contributed by atoms with Crippen LogP contribution in [-0.4, -0.2) is 49.9 Å². The Kier molecular flexibility index (Phi) is 6.02. The van der Waals surface area contributed by atoms with E-state index in [1.54, 1.807) is 22.2 Å². The molecule has 0 spiro atoms. The molecule has 3 heterocycles. The minimum absolute atomic E-state index is 0.000313. The summed E-state index contributed by atoms with van der Waals surface area (Å²) in [4.78, 5) is 16.4. The summed E-state index contributed by atoms with van der Waals surface area (Å²) in [5.41, 5.74) is 1.81. The number of hydrogen-bond acceptors (Lipinski definition) is 6. The lowest BCUT2D eigenvalue weighted by atomic mass is 9.92. The molecule has 2 atom stereocenters. The number of carbonyl (C=O) groups excluding carboxylic acids is 1. The van der Waals surface area contributed by atoms with E-state index in [1.165, 1.54) is 17.8 Å². The molecule has 1 amide bonds. The van der Waals surface area contributed by atoms with Gasteiger partial charge in [-0.25, -0.2) is 8.78 Å². The van der Waals surface area contributed by atoms with E-state index in [-0.39, 0.29) is 35.6 Å². The zero-order valence-electron chi connectivity index (χ0n) is 19.6. The van der Waals surface area contributed by atoms with Crippen LogP contribution in [0.3, 0.4) is 0 Å². The Balaban J connectivity index is 1.54. The smallest absolute Gasteiger partial charge is 0.276 e. The van der Waals surface area contributed by atoms with Crippen molar-refractivity contribution in [3.05, 3.63) is 88.5 Å². The van der Waals surface area contributed by atoms with E-state index in [2.05, 4.69) is 0 Å². The molecule has 0 bridgehead atoms. The number of aliphatic hydroxyl groups is 2. The van der Waals surface area contributed by atoms with Gasteiger partial charge in [0.1, 0.15) is 6.10 Å². The van der Waals surface area contributed by atoms with Gasteiger partial charge in [-0.05, 0) is 42.2 Å². The summed E-state index contributed by atoms with van der Waals surface area (Å²) in [5, 5.41) is 24.7. The van der Waals surface area contributed by atoms with Crippen molar-refractivity contribution in [1.29, 1.82) is 0 Å². The molecule has 1 aliphatic carbocycles. The Morgan fingerprint density at radius 3 is 2.58 bits per heavy atom. The van der Waals surface area contributed by atoms with Crippen molar-refractivity contribution in [2.24, 2.45) is 0 Å². The van der Waals surface area contributed by atoms with Gasteiger partial charge in [-0.15, -0.1) is 11.8 Å². The molecule has 2 aromatic rings. The largest absolute Gasteiger partial charge is 0.507 e. The zero-order chi connectivity index (χ0) is 25.0. The molecule has 2 fully saturated rings. The van der Waals surface area contributed by atoms with Gasteiger partial charge < -0.3 is 15.1 Å². The Morgan fingerprint density at radius 2 is 1.78 bits per heavy atom. The van der Waals surface area contributed by atoms with Crippen LogP contribution < -0.4 is 0 Å². The first-order chi connectivity index (χ1) is 17.5. The number of nitrogens with zero attached hydrogens (tertiary/aromatic N) is 3. The second-order valence-corrected chi connectivity index (χ2v) is 10.7. The van der Waals surface area contributed by atoms with Gasteiger partial charge in [0.25, 0.3) is 5.91 Å². The summed E-state index contributed by atoms with van der Waals surface area (Å²) in [7, 11) is 0. The van der Waals surface area contributed by atoms with Crippen molar-refractivity contribution in [2.75, 3.05) is 6.67 Å². The molecule has 36 heavy (non-hydrogen) atoms. The third-order valence-electron chi connectivity index (χ3n) is 7.62. The molecule has 2 N–H and O–H groups in total. The Hall–Kier alpha value is -2.88. The second-order valence-electron chi connectivity index (χ2n) is 9.67. The third-order valence-corrected chi connectivity index (χ3v) is 8.74. The molecule has 6 nitrogen and oxygen atoms in total. The topological polar surface area (TPSA) is 67.2 Å². The van der Waals surface area contributed by atoms with Gasteiger partial charge in [0.2, 0.25) is 0 Å². The van der Waals surface area contributed by atoms with Crippen LogP contribution in [0, 0.1) is 11.6 Å². The highest BCUT2D eigenvalue weighted by Gasteiger charge is 2.46. The Morgan fingerprint density at radius 1 is 1.00 bits per heavy atom. The van der Waals surface area contributed by atoms with Crippen LogP contribution >= 0.6 is 11.8 Å². The maximum atomic E-state index is 15.1. The Bertz CT molecular complexity index is 1280. The minimum atomic E-state index is -1.29. The van der Waals surface area contributed by atoms with Crippen LogP contribution in [0.2, 0.25) is 0 Å². The van der Waals surface area contributed by atoms with Gasteiger partial charge in [-0.3, -0.25) is 9.80 Å². The second kappa shape index (κ2) is 9.21. The highest BCUT2D eigenvalue weighted by molar-refractivity contribution is 7.98. The van der Waals surface area contributed by atoms with E-state index < -0.39 is 29.5 Å². The maximum absolute atomic E-state index is 15.1. The molecule has 1 saturated heterocycles. The average Bonchev–Trinajstić information content (AvgIpc) is 3.06. The Labute approximate surface area is 212 Å². The van der Waals surface area contributed by atoms with E-state index in [9.17, 15) is 19.4 Å². The van der Waals surface area contributed by atoms with Crippen LogP contribution in [0.4, 0.5) is 8.78 Å². The van der Waals surface area contributed by atoms with E-state index in [0.717, 1.165) is 48.6 Å². The molecule has 9 heteroatoms. The van der Waals surface area contributed by atoms with E-state index in [1.807, 2.05) is 29.3 Å². The first kappa shape index (κ1) is 23.5. The molecule has 1 unspecified atom stereocenters. The zero-order valence-corrected chi connectivity index (χ0v) is 20.4. The molecule has 6 rings (SSSR count). The number of rotatable bonds is 2. The molecule has 3 aliphatic heterocycles. The highest BCUT2D eigenvalue weighted by atomic mass is 32.2. The predicted octanol–water partition coefficient (Wildman–Crippen LogP) is 4.97. The normalized spacial score (nSPS) is 24.9. The van der Waals surface area contributed by atoms with E-state index in [0.29, 0.717) is 5.56 Å². The third kappa shape index (κ3) is 3.72. The molecule has 2 aromatic carbocycles. The first-order valence-corrected chi connectivity index (χ1v) is 13.3. The quantitative estimate of drug-likeness (QED) is 0.594. The summed E-state index contributed by atoms with van der Waals surface area (Å²) >= 11 is 1.45. The van der Waals surface area contributed by atoms with Crippen molar-refractivity contribution in [3.8, 4) is 0 Å². The molecule has 4 aliphatic rings. The number of amides is 1. The number of hydrazine groups is 1. The number of benzene rings is 2. The highest BCUT2D eigenvalue weighted by Crippen LogP contribution is 2.46. The number of carbonyl (C=O) groups is 1. The molecule has 188 valence electrons. The van der Waals surface area contributed by atoms with Gasteiger partial charge in [-0.2, -0.15) is 5.01 Å². The van der Waals surface area contributed by atoms with Gasteiger partial charge in [0.15, 0.2) is 23.1 Å². The summed E-state index contributed by atoms with van der Waals surface area (Å²) in [5.74, 6) is -2.22. The lowest BCUT2D eigenvalue weighted by Gasteiger charge is -2.51. The minimum Gasteiger partial charge on any atom is -0.507 e. The number of thioether (sulfide) groups is 1. The first-order valence-electron chi connectivity index (χ1n) is 12.3. The fourth-order valence-corrected chi connectivity index (χ4v) is 6.91. The van der Waals surface area contributed by atoms with Crippen LogP contribution in [0.15, 0.2) is 65.0 Å². The predicted molar refractivity (Wildman–Crippen MR) is 131 cm³/mol. The van der Waals surface area contributed by atoms with Crippen LogP contribution in [0.5, 0.6) is 0 Å². The van der Waals surface area contributed by atoms with Gasteiger partial charge in [0, 0.05) is 28.5 Å². The van der Waals surface area contributed by atoms with Crippen LogP contribution in [0.25, 0.3) is 0 Å². The molecule has 0 aromatic heterocycles. The van der Waals surface area contributed by atoms with Crippen molar-refractivity contribution >= 4 is 17.7 Å². The summed E-state index contributed by atoms with van der Waals surface area (Å²) in [6.45, 7) is 0.211. The lowest BCUT2D eigenvalue weighted by molar-refractivity contribution is -0.155. The van der Waals surface area contributed by atoms with Crippen molar-refractivity contribution in [1.82, 2.24) is 14.9 Å². The average molecular weight is 512 g/mol. The monoisotopic (exact) mass is 511 g/mol. The molecular weight excluding hydrogens is 484 g/mol.